The lowest BCUT2D eigenvalue weighted by atomic mass is 10.2. The molecule has 0 radical (unpaired) electrons. The zero-order chi connectivity index (χ0) is 21.7. The van der Waals surface area contributed by atoms with Crippen molar-refractivity contribution in [3.05, 3.63) is 69.2 Å². The van der Waals surface area contributed by atoms with Crippen LogP contribution in [0.4, 0.5) is 5.82 Å². The molecule has 10 heteroatoms. The fourth-order valence-corrected chi connectivity index (χ4v) is 2.99. The molecule has 0 aliphatic rings. The van der Waals surface area contributed by atoms with E-state index in [2.05, 4.69) is 15.6 Å². The Morgan fingerprint density at radius 3 is 2.63 bits per heavy atom. The van der Waals surface area contributed by atoms with Gasteiger partial charge in [-0.25, -0.2) is 9.48 Å². The molecule has 2 heterocycles. The number of aromatic nitrogens is 3. The van der Waals surface area contributed by atoms with E-state index in [4.69, 9.17) is 32.5 Å². The van der Waals surface area contributed by atoms with Crippen LogP contribution < -0.4 is 5.32 Å². The lowest BCUT2D eigenvalue weighted by Crippen LogP contribution is -2.20. The van der Waals surface area contributed by atoms with Gasteiger partial charge in [0.2, 0.25) is 0 Å². The highest BCUT2D eigenvalue weighted by Gasteiger charge is 2.13. The maximum absolute atomic E-state index is 11.9. The van der Waals surface area contributed by atoms with Crippen molar-refractivity contribution in [2.24, 2.45) is 0 Å². The maximum Gasteiger partial charge on any atom is 0.331 e. The highest BCUT2D eigenvalue weighted by atomic mass is 35.5. The maximum atomic E-state index is 11.9. The Kier molecular flexibility index (Phi) is 6.91. The standard InChI is InChI=1S/C20H18Cl2N4O4/c1-12-9-17(25-30-12)23-18(27)11-29-19(28)8-7-16-13(2)24-26(20(16)22)10-14-3-5-15(21)6-4-14/h3-9H,10-11H2,1-2H3,(H,23,25,27)/b8-7+. The van der Waals surface area contributed by atoms with Gasteiger partial charge in [-0.2, -0.15) is 5.10 Å². The van der Waals surface area contributed by atoms with E-state index in [1.54, 1.807) is 36.7 Å². The number of rotatable bonds is 7. The predicted molar refractivity (Wildman–Crippen MR) is 112 cm³/mol. The number of carbonyl (C=O) groups excluding carboxylic acids is 2. The van der Waals surface area contributed by atoms with E-state index in [9.17, 15) is 9.59 Å². The molecular weight excluding hydrogens is 431 g/mol. The second-order valence-electron chi connectivity index (χ2n) is 6.39. The average molecular weight is 449 g/mol. The van der Waals surface area contributed by atoms with Crippen molar-refractivity contribution in [3.8, 4) is 0 Å². The van der Waals surface area contributed by atoms with Gasteiger partial charge in [0.15, 0.2) is 12.4 Å². The van der Waals surface area contributed by atoms with E-state index >= 15 is 0 Å². The topological polar surface area (TPSA) is 99.2 Å². The molecule has 0 saturated heterocycles. The van der Waals surface area contributed by atoms with Gasteiger partial charge in [0.1, 0.15) is 10.9 Å². The van der Waals surface area contributed by atoms with E-state index < -0.39 is 18.5 Å². The minimum absolute atomic E-state index is 0.250. The molecule has 1 amide bonds. The summed E-state index contributed by atoms with van der Waals surface area (Å²) < 4.78 is 11.4. The monoisotopic (exact) mass is 448 g/mol. The lowest BCUT2D eigenvalue weighted by molar-refractivity contribution is -0.142. The quantitative estimate of drug-likeness (QED) is 0.432. The fourth-order valence-electron chi connectivity index (χ4n) is 2.56. The van der Waals surface area contributed by atoms with Crippen molar-refractivity contribution in [1.82, 2.24) is 14.9 Å². The lowest BCUT2D eigenvalue weighted by Gasteiger charge is -2.04. The number of esters is 1. The first-order valence-electron chi connectivity index (χ1n) is 8.87. The third-order valence-corrected chi connectivity index (χ3v) is 4.63. The van der Waals surface area contributed by atoms with Crippen LogP contribution >= 0.6 is 23.2 Å². The van der Waals surface area contributed by atoms with Gasteiger partial charge >= 0.3 is 5.97 Å². The number of nitrogens with one attached hydrogen (secondary N) is 1. The highest BCUT2D eigenvalue weighted by Crippen LogP contribution is 2.22. The molecule has 3 aromatic rings. The van der Waals surface area contributed by atoms with Crippen molar-refractivity contribution in [1.29, 1.82) is 0 Å². The van der Waals surface area contributed by atoms with Crippen molar-refractivity contribution >= 4 is 47.0 Å². The molecule has 0 atom stereocenters. The molecule has 3 rings (SSSR count). The van der Waals surface area contributed by atoms with Gasteiger partial charge in [0, 0.05) is 22.7 Å². The number of nitrogens with zero attached hydrogens (tertiary/aromatic N) is 3. The smallest absolute Gasteiger partial charge is 0.331 e. The molecule has 0 unspecified atom stereocenters. The molecule has 0 aliphatic heterocycles. The molecule has 0 aliphatic carbocycles. The van der Waals surface area contributed by atoms with Gasteiger partial charge in [-0.15, -0.1) is 0 Å². The Bertz CT molecular complexity index is 1090. The van der Waals surface area contributed by atoms with Gasteiger partial charge in [-0.3, -0.25) is 4.79 Å². The highest BCUT2D eigenvalue weighted by molar-refractivity contribution is 6.31. The van der Waals surface area contributed by atoms with E-state index in [1.807, 2.05) is 12.1 Å². The zero-order valence-corrected chi connectivity index (χ0v) is 17.7. The summed E-state index contributed by atoms with van der Waals surface area (Å²) in [5, 5.41) is 11.5. The second kappa shape index (κ2) is 9.60. The number of halogens is 2. The fraction of sp³-hybridized carbons (Fsp3) is 0.200. The SMILES string of the molecule is Cc1cc(NC(=O)COC(=O)/C=C/c2c(C)nn(Cc3ccc(Cl)cc3)c2Cl)no1. The van der Waals surface area contributed by atoms with E-state index in [0.29, 0.717) is 33.7 Å². The number of ether oxygens (including phenoxy) is 1. The van der Waals surface area contributed by atoms with Crippen LogP contribution in [0.15, 0.2) is 40.9 Å². The van der Waals surface area contributed by atoms with Gasteiger partial charge in [-0.05, 0) is 37.6 Å². The van der Waals surface area contributed by atoms with Crippen molar-refractivity contribution in [2.75, 3.05) is 11.9 Å². The molecule has 8 nitrogen and oxygen atoms in total. The normalized spacial score (nSPS) is 11.1. The van der Waals surface area contributed by atoms with E-state index in [0.717, 1.165) is 5.56 Å². The number of aryl methyl sites for hydroxylation is 2. The molecule has 0 bridgehead atoms. The first-order valence-corrected chi connectivity index (χ1v) is 9.63. The van der Waals surface area contributed by atoms with E-state index in [1.165, 1.54) is 12.2 Å². The number of hydrogen-bond donors (Lipinski definition) is 1. The van der Waals surface area contributed by atoms with Crippen LogP contribution in [0.2, 0.25) is 10.2 Å². The predicted octanol–water partition coefficient (Wildman–Crippen LogP) is 4.04. The third-order valence-electron chi connectivity index (χ3n) is 3.98. The van der Waals surface area contributed by atoms with Crippen LogP contribution in [0.5, 0.6) is 0 Å². The molecule has 1 aromatic carbocycles. The molecule has 30 heavy (non-hydrogen) atoms. The first kappa shape index (κ1) is 21.6. The van der Waals surface area contributed by atoms with Crippen LogP contribution in [0.1, 0.15) is 22.6 Å². The Hall–Kier alpha value is -3.10. The van der Waals surface area contributed by atoms with Gasteiger partial charge in [-0.1, -0.05) is 40.5 Å². The average Bonchev–Trinajstić information content (AvgIpc) is 3.22. The van der Waals surface area contributed by atoms with Gasteiger partial charge in [0.05, 0.1) is 12.2 Å². The zero-order valence-electron chi connectivity index (χ0n) is 16.2. The summed E-state index contributed by atoms with van der Waals surface area (Å²) in [7, 11) is 0. The number of anilines is 1. The summed E-state index contributed by atoms with van der Waals surface area (Å²) >= 11 is 12.3. The Morgan fingerprint density at radius 1 is 1.23 bits per heavy atom. The molecule has 1 N–H and O–H groups in total. The Morgan fingerprint density at radius 2 is 1.97 bits per heavy atom. The summed E-state index contributed by atoms with van der Waals surface area (Å²) in [6.07, 6.45) is 2.69. The summed E-state index contributed by atoms with van der Waals surface area (Å²) in [5.74, 6) is -0.425. The molecular formula is C20H18Cl2N4O4. The number of benzene rings is 1. The number of amides is 1. The van der Waals surface area contributed by atoms with Crippen molar-refractivity contribution in [3.63, 3.8) is 0 Å². The molecule has 0 saturated carbocycles. The van der Waals surface area contributed by atoms with Crippen LogP contribution in [0.25, 0.3) is 6.08 Å². The number of carbonyl (C=O) groups is 2. The minimum Gasteiger partial charge on any atom is -0.452 e. The summed E-state index contributed by atoms with van der Waals surface area (Å²) in [5.41, 5.74) is 2.22. The summed E-state index contributed by atoms with van der Waals surface area (Å²) in [6.45, 7) is 3.47. The molecule has 0 spiro atoms. The Balaban J connectivity index is 1.57. The summed E-state index contributed by atoms with van der Waals surface area (Å²) in [4.78, 5) is 23.7. The minimum atomic E-state index is -0.692. The second-order valence-corrected chi connectivity index (χ2v) is 7.18. The van der Waals surface area contributed by atoms with Crippen LogP contribution in [-0.2, 0) is 20.9 Å². The molecule has 0 fully saturated rings. The van der Waals surface area contributed by atoms with Crippen LogP contribution in [-0.4, -0.2) is 33.4 Å². The largest absolute Gasteiger partial charge is 0.452 e. The molecule has 2 aromatic heterocycles. The third kappa shape index (κ3) is 5.71. The number of hydrogen-bond acceptors (Lipinski definition) is 6. The first-order chi connectivity index (χ1) is 14.3. The van der Waals surface area contributed by atoms with Crippen LogP contribution in [0.3, 0.4) is 0 Å². The molecule has 156 valence electrons. The van der Waals surface area contributed by atoms with Gasteiger partial charge < -0.3 is 14.6 Å². The van der Waals surface area contributed by atoms with Crippen LogP contribution in [0, 0.1) is 13.8 Å². The van der Waals surface area contributed by atoms with Crippen molar-refractivity contribution in [2.45, 2.75) is 20.4 Å². The summed E-state index contributed by atoms with van der Waals surface area (Å²) in [6, 6.07) is 8.89. The Labute approximate surface area is 182 Å². The van der Waals surface area contributed by atoms with E-state index in [-0.39, 0.29) is 5.82 Å². The van der Waals surface area contributed by atoms with Crippen molar-refractivity contribution < 1.29 is 18.8 Å². The van der Waals surface area contributed by atoms with Gasteiger partial charge in [0.25, 0.3) is 5.91 Å².